The van der Waals surface area contributed by atoms with Crippen molar-refractivity contribution in [3.05, 3.63) is 11.6 Å². The number of esters is 1. The highest BCUT2D eigenvalue weighted by atomic mass is 16.8. The van der Waals surface area contributed by atoms with E-state index in [4.69, 9.17) is 28.4 Å². The number of ether oxygens (including phenoxy) is 6. The Morgan fingerprint density at radius 3 is 1.87 bits per heavy atom. The number of hydrogen-bond acceptors (Lipinski definition) is 19. The van der Waals surface area contributed by atoms with Gasteiger partial charge in [-0.15, -0.1) is 0 Å². The summed E-state index contributed by atoms with van der Waals surface area (Å²) in [5, 5.41) is 129. The van der Waals surface area contributed by atoms with E-state index in [1.54, 1.807) is 0 Å². The summed E-state index contributed by atoms with van der Waals surface area (Å²) in [4.78, 5) is 15.2. The Balaban J connectivity index is 1.08. The van der Waals surface area contributed by atoms with Crippen LogP contribution in [0.1, 0.15) is 106 Å². The van der Waals surface area contributed by atoms with Gasteiger partial charge in [-0.3, -0.25) is 4.79 Å². The van der Waals surface area contributed by atoms with Crippen LogP contribution in [-0.2, 0) is 33.2 Å². The van der Waals surface area contributed by atoms with E-state index < -0.39 is 145 Å². The average Bonchev–Trinajstić information content (AvgIpc) is 3.28. The zero-order valence-corrected chi connectivity index (χ0v) is 39.8. The lowest BCUT2D eigenvalue weighted by molar-refractivity contribution is -0.361. The number of rotatable bonds is 9. The molecule has 0 radical (unpaired) electrons. The molecule has 3 heterocycles. The van der Waals surface area contributed by atoms with Gasteiger partial charge in [-0.05, 0) is 104 Å². The molecule has 3 saturated heterocycles. The molecule has 3 aliphatic heterocycles. The predicted octanol–water partition coefficient (Wildman–Crippen LogP) is -0.889. The van der Waals surface area contributed by atoms with Crippen LogP contribution in [0.15, 0.2) is 11.6 Å². The second kappa shape index (κ2) is 18.2. The maximum absolute atomic E-state index is 15.2. The highest BCUT2D eigenvalue weighted by Gasteiger charge is 2.71. The van der Waals surface area contributed by atoms with Gasteiger partial charge in [0.2, 0.25) is 6.29 Å². The summed E-state index contributed by atoms with van der Waals surface area (Å²) in [6.45, 7) is 12.8. The third-order valence-electron chi connectivity index (χ3n) is 19.4. The molecule has 4 saturated carbocycles. The largest absolute Gasteiger partial charge is 0.432 e. The van der Waals surface area contributed by atoms with Crippen LogP contribution < -0.4 is 0 Å². The van der Waals surface area contributed by atoms with Gasteiger partial charge in [0.1, 0.15) is 61.0 Å². The molecule has 0 bridgehead atoms. The number of allylic oxidation sites excluding steroid dienone is 2. The minimum atomic E-state index is -1.79. The summed E-state index contributed by atoms with van der Waals surface area (Å²) >= 11 is 0. The van der Waals surface area contributed by atoms with Crippen LogP contribution >= 0.6 is 0 Å². The average molecular weight is 959 g/mol. The second-order valence-corrected chi connectivity index (χ2v) is 23.5. The molecular formula is C48H78O19. The summed E-state index contributed by atoms with van der Waals surface area (Å²) < 4.78 is 35.9. The normalized spacial score (nSPS) is 55.2. The van der Waals surface area contributed by atoms with Crippen LogP contribution in [0.25, 0.3) is 0 Å². The van der Waals surface area contributed by atoms with E-state index in [1.165, 1.54) is 6.92 Å². The molecule has 7 fully saturated rings. The van der Waals surface area contributed by atoms with Crippen LogP contribution in [-0.4, -0.2) is 191 Å². The van der Waals surface area contributed by atoms with Gasteiger partial charge in [0, 0.05) is 5.41 Å². The lowest BCUT2D eigenvalue weighted by Gasteiger charge is -2.72. The van der Waals surface area contributed by atoms with Crippen LogP contribution in [0, 0.1) is 50.2 Å². The summed E-state index contributed by atoms with van der Waals surface area (Å²) in [7, 11) is 0. The highest BCUT2D eigenvalue weighted by molar-refractivity contribution is 5.79. The molecule has 384 valence electrons. The van der Waals surface area contributed by atoms with Crippen molar-refractivity contribution in [2.75, 3.05) is 19.8 Å². The monoisotopic (exact) mass is 959 g/mol. The van der Waals surface area contributed by atoms with E-state index in [9.17, 15) is 61.3 Å². The number of carbonyl (C=O) groups is 1. The Morgan fingerprint density at radius 1 is 0.657 bits per heavy atom. The molecule has 0 spiro atoms. The molecule has 19 heteroatoms. The van der Waals surface area contributed by atoms with E-state index in [2.05, 4.69) is 40.7 Å². The standard InChI is InChI=1S/C48H78O19/c1-21-29(53)32(56)35(59)39(62-21)65-37-34(58)31(55)26(19-50)64-41(37)67-42(61)48-14-12-43(2,3)16-23(48)22-8-9-28-44(4)17-24(52)38(66-40-36(60)33(57)30(54)25(18-49)63-40)45(5,20-51)27(44)10-11-47(28,7)46(22,6)13-15-48/h8,21,23-41,49-60H,9-20H2,1-7H3/t21-,23-,24+,25+,26+,27+,28+,29-,30+,31+,32+,33-,34-,35+,36+,37+,38-,39-,40-,41-,44-,45-,46+,47+,48-/m0/s1. The van der Waals surface area contributed by atoms with Crippen molar-refractivity contribution in [1.82, 2.24) is 0 Å². The number of carbonyl (C=O) groups excluding carboxylic acids is 1. The fourth-order valence-corrected chi connectivity index (χ4v) is 15.1. The summed E-state index contributed by atoms with van der Waals surface area (Å²) in [5.74, 6) is -1.04. The molecule has 67 heavy (non-hydrogen) atoms. The molecule has 0 aromatic carbocycles. The first kappa shape index (κ1) is 51.9. The van der Waals surface area contributed by atoms with Crippen LogP contribution in [0.4, 0.5) is 0 Å². The van der Waals surface area contributed by atoms with Gasteiger partial charge in [0.25, 0.3) is 0 Å². The lowest BCUT2D eigenvalue weighted by Crippen LogP contribution is -2.69. The van der Waals surface area contributed by atoms with Crippen LogP contribution in [0.2, 0.25) is 0 Å². The second-order valence-electron chi connectivity index (χ2n) is 23.5. The fourth-order valence-electron chi connectivity index (χ4n) is 15.1. The summed E-state index contributed by atoms with van der Waals surface area (Å²) in [6.07, 6.45) is -18.0. The number of fused-ring (bicyclic) bond motifs is 7. The predicted molar refractivity (Wildman–Crippen MR) is 232 cm³/mol. The van der Waals surface area contributed by atoms with E-state index >= 15 is 4.79 Å². The van der Waals surface area contributed by atoms with Crippen molar-refractivity contribution in [2.45, 2.75) is 211 Å². The maximum atomic E-state index is 15.2. The van der Waals surface area contributed by atoms with Gasteiger partial charge in [0.05, 0.1) is 43.5 Å². The third kappa shape index (κ3) is 8.01. The molecule has 0 amide bonds. The quantitative estimate of drug-likeness (QED) is 0.0758. The number of aliphatic hydroxyl groups is 12. The van der Waals surface area contributed by atoms with Crippen LogP contribution in [0.3, 0.4) is 0 Å². The van der Waals surface area contributed by atoms with E-state index in [-0.39, 0.29) is 35.2 Å². The lowest BCUT2D eigenvalue weighted by atomic mass is 9.33. The Morgan fingerprint density at radius 2 is 1.24 bits per heavy atom. The van der Waals surface area contributed by atoms with Crippen molar-refractivity contribution < 1.29 is 94.5 Å². The molecule has 8 aliphatic rings. The minimum absolute atomic E-state index is 0.00821. The summed E-state index contributed by atoms with van der Waals surface area (Å²) in [5.41, 5.74) is -2.40. The molecule has 0 aromatic rings. The minimum Gasteiger partial charge on any atom is -0.432 e. The summed E-state index contributed by atoms with van der Waals surface area (Å²) in [6, 6.07) is 0. The first-order valence-electron chi connectivity index (χ1n) is 24.4. The molecule has 19 nitrogen and oxygen atoms in total. The van der Waals surface area contributed by atoms with Crippen molar-refractivity contribution in [3.63, 3.8) is 0 Å². The van der Waals surface area contributed by atoms with Gasteiger partial charge >= 0.3 is 5.97 Å². The molecule has 25 atom stereocenters. The number of aliphatic hydroxyl groups excluding tert-OH is 12. The smallest absolute Gasteiger partial charge is 0.315 e. The molecule has 0 unspecified atom stereocenters. The first-order valence-corrected chi connectivity index (χ1v) is 24.4. The van der Waals surface area contributed by atoms with Gasteiger partial charge in [-0.2, -0.15) is 0 Å². The molecule has 5 aliphatic carbocycles. The SMILES string of the molecule is C[C@@H]1O[C@@H](O[C@H]2[C@H](OC(=O)[C@]34CCC(C)(C)C[C@H]3C3=CC[C@@H]5[C@@]6(C)C[C@@H](O)[C@H](O[C@@H]7O[C@H](CO)[C@@H](O)[C@H](O)[C@H]7O)[C@@](C)(CO)[C@@H]6CC[C@@]5(C)[C@]3(C)CC4)O[C@H](CO)[C@@H](O)[C@@H]2O)[C@H](O)[C@H](O)[C@H]1O. The van der Waals surface area contributed by atoms with Crippen molar-refractivity contribution in [1.29, 1.82) is 0 Å². The third-order valence-corrected chi connectivity index (χ3v) is 19.4. The van der Waals surface area contributed by atoms with E-state index in [1.807, 2.05) is 6.92 Å². The zero-order chi connectivity index (χ0) is 49.1. The van der Waals surface area contributed by atoms with Crippen molar-refractivity contribution in [3.8, 4) is 0 Å². The zero-order valence-electron chi connectivity index (χ0n) is 39.8. The Hall–Kier alpha value is -1.47. The first-order chi connectivity index (χ1) is 31.3. The van der Waals surface area contributed by atoms with Crippen LogP contribution in [0.5, 0.6) is 0 Å². The van der Waals surface area contributed by atoms with E-state index in [0.29, 0.717) is 51.4 Å². The molecular weight excluding hydrogens is 881 g/mol. The Labute approximate surface area is 392 Å². The van der Waals surface area contributed by atoms with Gasteiger partial charge in [0.15, 0.2) is 18.7 Å². The van der Waals surface area contributed by atoms with Gasteiger partial charge in [-0.25, -0.2) is 0 Å². The van der Waals surface area contributed by atoms with Gasteiger partial charge < -0.3 is 89.7 Å². The van der Waals surface area contributed by atoms with Crippen molar-refractivity contribution >= 4 is 5.97 Å². The Bertz CT molecular complexity index is 1830. The topological polar surface area (TPSA) is 315 Å². The molecule has 0 aromatic heterocycles. The van der Waals surface area contributed by atoms with Gasteiger partial charge in [-0.1, -0.05) is 53.2 Å². The fraction of sp³-hybridized carbons (Fsp3) is 0.938. The highest BCUT2D eigenvalue weighted by Crippen LogP contribution is 2.76. The maximum Gasteiger partial charge on any atom is 0.315 e. The number of hydrogen-bond donors (Lipinski definition) is 12. The molecule has 12 N–H and O–H groups in total. The van der Waals surface area contributed by atoms with Crippen molar-refractivity contribution in [2.24, 2.45) is 50.2 Å². The Kier molecular flexibility index (Phi) is 14.1. The van der Waals surface area contributed by atoms with E-state index in [0.717, 1.165) is 12.0 Å². The molecule has 8 rings (SSSR count).